The zero-order valence-electron chi connectivity index (χ0n) is 11.5. The SMILES string of the molecule is O=C(NCCN1CCCCS1(=O)=O)Nc1cccc(Cl)c1. The predicted molar refractivity (Wildman–Crippen MR) is 83.1 cm³/mol. The second kappa shape index (κ2) is 7.11. The molecule has 0 bridgehead atoms. The fourth-order valence-corrected chi connectivity index (χ4v) is 3.92. The van der Waals surface area contributed by atoms with Crippen molar-refractivity contribution < 1.29 is 13.2 Å². The predicted octanol–water partition coefficient (Wildman–Crippen LogP) is 1.89. The van der Waals surface area contributed by atoms with Gasteiger partial charge in [-0.15, -0.1) is 0 Å². The van der Waals surface area contributed by atoms with E-state index in [9.17, 15) is 13.2 Å². The highest BCUT2D eigenvalue weighted by atomic mass is 35.5. The summed E-state index contributed by atoms with van der Waals surface area (Å²) in [6.07, 6.45) is 1.58. The molecule has 2 rings (SSSR count). The van der Waals surface area contributed by atoms with Gasteiger partial charge in [0, 0.05) is 30.3 Å². The molecule has 0 atom stereocenters. The summed E-state index contributed by atoms with van der Waals surface area (Å²) in [5.74, 6) is 0.196. The smallest absolute Gasteiger partial charge is 0.319 e. The molecule has 1 aliphatic heterocycles. The van der Waals surface area contributed by atoms with Gasteiger partial charge in [0.2, 0.25) is 10.0 Å². The third-order valence-corrected chi connectivity index (χ3v) is 5.37. The Labute approximate surface area is 129 Å². The van der Waals surface area contributed by atoms with Crippen LogP contribution in [-0.4, -0.2) is 44.1 Å². The van der Waals surface area contributed by atoms with Gasteiger partial charge in [0.1, 0.15) is 0 Å². The Morgan fingerprint density at radius 1 is 1.33 bits per heavy atom. The summed E-state index contributed by atoms with van der Waals surface area (Å²) in [4.78, 5) is 11.7. The van der Waals surface area contributed by atoms with Gasteiger partial charge in [-0.1, -0.05) is 17.7 Å². The average molecular weight is 332 g/mol. The number of anilines is 1. The van der Waals surface area contributed by atoms with E-state index in [0.717, 1.165) is 6.42 Å². The van der Waals surface area contributed by atoms with E-state index in [0.29, 0.717) is 30.2 Å². The molecule has 1 fully saturated rings. The third kappa shape index (κ3) is 4.87. The van der Waals surface area contributed by atoms with Crippen molar-refractivity contribution in [2.24, 2.45) is 0 Å². The Morgan fingerprint density at radius 2 is 2.14 bits per heavy atom. The van der Waals surface area contributed by atoms with Crippen molar-refractivity contribution in [1.82, 2.24) is 9.62 Å². The molecule has 1 aromatic carbocycles. The van der Waals surface area contributed by atoms with E-state index in [1.54, 1.807) is 24.3 Å². The number of sulfonamides is 1. The monoisotopic (exact) mass is 331 g/mol. The number of halogens is 1. The molecule has 0 radical (unpaired) electrons. The van der Waals surface area contributed by atoms with Crippen molar-refractivity contribution in [3.63, 3.8) is 0 Å². The Kier molecular flexibility index (Phi) is 5.44. The van der Waals surface area contributed by atoms with Crippen LogP contribution in [0.25, 0.3) is 0 Å². The number of rotatable bonds is 4. The summed E-state index contributed by atoms with van der Waals surface area (Å²) < 4.78 is 25.0. The number of nitrogens with one attached hydrogen (secondary N) is 2. The normalized spacial score (nSPS) is 18.1. The maximum Gasteiger partial charge on any atom is 0.319 e. The molecule has 0 unspecified atom stereocenters. The quantitative estimate of drug-likeness (QED) is 0.884. The van der Waals surface area contributed by atoms with Gasteiger partial charge in [-0.25, -0.2) is 17.5 Å². The Balaban J connectivity index is 1.77. The zero-order chi connectivity index (χ0) is 15.3. The van der Waals surface area contributed by atoms with E-state index >= 15 is 0 Å². The van der Waals surface area contributed by atoms with Crippen LogP contribution in [0.2, 0.25) is 5.02 Å². The second-order valence-electron chi connectivity index (χ2n) is 4.81. The highest BCUT2D eigenvalue weighted by Crippen LogP contribution is 2.15. The Bertz CT molecular complexity index is 606. The summed E-state index contributed by atoms with van der Waals surface area (Å²) in [5, 5.41) is 5.81. The first-order valence-electron chi connectivity index (χ1n) is 6.76. The lowest BCUT2D eigenvalue weighted by molar-refractivity contribution is 0.251. The van der Waals surface area contributed by atoms with Crippen LogP contribution in [0, 0.1) is 0 Å². The number of carbonyl (C=O) groups excluding carboxylic acids is 1. The lowest BCUT2D eigenvalue weighted by Crippen LogP contribution is -2.43. The van der Waals surface area contributed by atoms with E-state index in [4.69, 9.17) is 11.6 Å². The minimum atomic E-state index is -3.14. The van der Waals surface area contributed by atoms with Gasteiger partial charge < -0.3 is 10.6 Å². The number of nitrogens with zero attached hydrogens (tertiary/aromatic N) is 1. The molecule has 2 amide bonds. The van der Waals surface area contributed by atoms with Crippen molar-refractivity contribution >= 4 is 33.3 Å². The van der Waals surface area contributed by atoms with Gasteiger partial charge >= 0.3 is 6.03 Å². The maximum atomic E-state index is 11.8. The Hall–Kier alpha value is -1.31. The minimum Gasteiger partial charge on any atom is -0.337 e. The van der Waals surface area contributed by atoms with Crippen molar-refractivity contribution in [3.8, 4) is 0 Å². The van der Waals surface area contributed by atoms with E-state index < -0.39 is 10.0 Å². The number of amides is 2. The number of urea groups is 1. The number of hydrogen-bond acceptors (Lipinski definition) is 3. The van der Waals surface area contributed by atoms with Gasteiger partial charge in [-0.05, 0) is 31.0 Å². The van der Waals surface area contributed by atoms with E-state index in [2.05, 4.69) is 10.6 Å². The van der Waals surface area contributed by atoms with E-state index in [1.165, 1.54) is 4.31 Å². The van der Waals surface area contributed by atoms with Crippen LogP contribution >= 0.6 is 11.6 Å². The van der Waals surface area contributed by atoms with Crippen molar-refractivity contribution in [2.45, 2.75) is 12.8 Å². The summed E-state index contributed by atoms with van der Waals surface area (Å²) in [7, 11) is -3.14. The van der Waals surface area contributed by atoms with Gasteiger partial charge in [-0.2, -0.15) is 0 Å². The molecule has 2 N–H and O–H groups in total. The fourth-order valence-electron chi connectivity index (χ4n) is 2.13. The molecule has 6 nitrogen and oxygen atoms in total. The molecule has 1 aromatic rings. The molecular weight excluding hydrogens is 314 g/mol. The number of benzene rings is 1. The largest absolute Gasteiger partial charge is 0.337 e. The van der Waals surface area contributed by atoms with Gasteiger partial charge in [0.15, 0.2) is 0 Å². The van der Waals surface area contributed by atoms with E-state index in [-0.39, 0.29) is 18.3 Å². The average Bonchev–Trinajstić information content (AvgIpc) is 2.40. The summed E-state index contributed by atoms with van der Waals surface area (Å²) in [6, 6.07) is 6.42. The Morgan fingerprint density at radius 3 is 2.86 bits per heavy atom. The molecule has 1 aliphatic rings. The van der Waals surface area contributed by atoms with Crippen LogP contribution in [0.4, 0.5) is 10.5 Å². The highest BCUT2D eigenvalue weighted by Gasteiger charge is 2.25. The van der Waals surface area contributed by atoms with Crippen LogP contribution in [-0.2, 0) is 10.0 Å². The van der Waals surface area contributed by atoms with Crippen LogP contribution in [0.5, 0.6) is 0 Å². The minimum absolute atomic E-state index is 0.196. The molecule has 8 heteroatoms. The third-order valence-electron chi connectivity index (χ3n) is 3.18. The van der Waals surface area contributed by atoms with Crippen LogP contribution in [0.15, 0.2) is 24.3 Å². The topological polar surface area (TPSA) is 78.5 Å². The van der Waals surface area contributed by atoms with Gasteiger partial charge in [0.25, 0.3) is 0 Å². The standard InChI is InChI=1S/C13H18ClN3O3S/c14-11-4-3-5-12(10-11)16-13(18)15-6-8-17-7-1-2-9-21(17,19)20/h3-5,10H,1-2,6-9H2,(H2,15,16,18). The van der Waals surface area contributed by atoms with Crippen LogP contribution in [0.3, 0.4) is 0 Å². The first-order chi connectivity index (χ1) is 9.97. The van der Waals surface area contributed by atoms with Crippen molar-refractivity contribution in [3.05, 3.63) is 29.3 Å². The molecular formula is C13H18ClN3O3S. The lowest BCUT2D eigenvalue weighted by Gasteiger charge is -2.26. The molecule has 1 heterocycles. The second-order valence-corrected chi connectivity index (χ2v) is 7.34. The molecule has 0 aromatic heterocycles. The van der Waals surface area contributed by atoms with E-state index in [1.807, 2.05) is 0 Å². The molecule has 0 spiro atoms. The van der Waals surface area contributed by atoms with Gasteiger partial charge in [0.05, 0.1) is 5.75 Å². The summed E-state index contributed by atoms with van der Waals surface area (Å²) in [5.41, 5.74) is 0.589. The first kappa shape index (κ1) is 16.1. The number of hydrogen-bond donors (Lipinski definition) is 2. The number of carbonyl (C=O) groups is 1. The lowest BCUT2D eigenvalue weighted by atomic mass is 10.3. The molecule has 21 heavy (non-hydrogen) atoms. The fraction of sp³-hybridized carbons (Fsp3) is 0.462. The van der Waals surface area contributed by atoms with Crippen LogP contribution in [0.1, 0.15) is 12.8 Å². The first-order valence-corrected chi connectivity index (χ1v) is 8.74. The van der Waals surface area contributed by atoms with Gasteiger partial charge in [-0.3, -0.25) is 0 Å². The zero-order valence-corrected chi connectivity index (χ0v) is 13.1. The van der Waals surface area contributed by atoms with Crippen molar-refractivity contribution in [1.29, 1.82) is 0 Å². The highest BCUT2D eigenvalue weighted by molar-refractivity contribution is 7.89. The molecule has 1 saturated heterocycles. The molecule has 0 aliphatic carbocycles. The van der Waals surface area contributed by atoms with Crippen LogP contribution < -0.4 is 10.6 Å². The van der Waals surface area contributed by atoms with Crippen molar-refractivity contribution in [2.75, 3.05) is 30.7 Å². The maximum absolute atomic E-state index is 11.8. The molecule has 0 saturated carbocycles. The summed E-state index contributed by atoms with van der Waals surface area (Å²) in [6.45, 7) is 1.09. The molecule has 116 valence electrons. The summed E-state index contributed by atoms with van der Waals surface area (Å²) >= 11 is 5.82.